The van der Waals surface area contributed by atoms with Crippen molar-refractivity contribution in [1.82, 2.24) is 10.6 Å². The van der Waals surface area contributed by atoms with Gasteiger partial charge in [-0.2, -0.15) is 0 Å². The molecule has 0 aliphatic heterocycles. The fourth-order valence-corrected chi connectivity index (χ4v) is 1.75. The summed E-state index contributed by atoms with van der Waals surface area (Å²) in [6.07, 6.45) is 0.361. The highest BCUT2D eigenvalue weighted by Crippen LogP contribution is 2.25. The Kier molecular flexibility index (Phi) is 10.1. The number of halogens is 3. The van der Waals surface area contributed by atoms with E-state index < -0.39 is 11.9 Å². The van der Waals surface area contributed by atoms with Crippen LogP contribution in [0.5, 0.6) is 5.75 Å². The van der Waals surface area contributed by atoms with Crippen molar-refractivity contribution in [2.75, 3.05) is 19.6 Å². The van der Waals surface area contributed by atoms with Crippen LogP contribution >= 0.6 is 24.0 Å². The number of hydrogen-bond acceptors (Lipinski definition) is 3. The predicted octanol–water partition coefficient (Wildman–Crippen LogP) is 2.78. The van der Waals surface area contributed by atoms with Crippen molar-refractivity contribution in [2.45, 2.75) is 26.4 Å². The van der Waals surface area contributed by atoms with Crippen LogP contribution in [0.15, 0.2) is 18.2 Å². The highest BCUT2D eigenvalue weighted by Gasteiger charge is 2.15. The van der Waals surface area contributed by atoms with Gasteiger partial charge in [0.2, 0.25) is 0 Å². The molecule has 0 spiro atoms. The van der Waals surface area contributed by atoms with Crippen molar-refractivity contribution in [2.24, 2.45) is 0 Å². The van der Waals surface area contributed by atoms with Gasteiger partial charge >= 0.3 is 0 Å². The standard InChI is InChI=1S/C14H20ClFN2O2.ClH/c1-3-6-17-7-8-18-14(19)10(2)20-13-5-4-11(16)9-12(13)15;/h4-5,9-10,17H,3,6-8H2,1-2H3,(H,18,19);1H. The molecule has 7 heteroatoms. The Morgan fingerprint density at radius 1 is 1.38 bits per heavy atom. The molecule has 0 bridgehead atoms. The SMILES string of the molecule is CCCNCCNC(=O)C(C)Oc1ccc(F)cc1Cl.Cl. The molecule has 0 saturated heterocycles. The van der Waals surface area contributed by atoms with Gasteiger partial charge in [0, 0.05) is 13.1 Å². The Morgan fingerprint density at radius 2 is 2.10 bits per heavy atom. The van der Waals surface area contributed by atoms with Crippen molar-refractivity contribution in [3.63, 3.8) is 0 Å². The average Bonchev–Trinajstić information content (AvgIpc) is 2.41. The van der Waals surface area contributed by atoms with Gasteiger partial charge in [-0.1, -0.05) is 18.5 Å². The second-order valence-corrected chi connectivity index (χ2v) is 4.78. The molecule has 0 radical (unpaired) electrons. The Hall–Kier alpha value is -1.04. The minimum Gasteiger partial charge on any atom is -0.479 e. The van der Waals surface area contributed by atoms with Crippen LogP contribution in [0.25, 0.3) is 0 Å². The van der Waals surface area contributed by atoms with Gasteiger partial charge in [-0.05, 0) is 38.1 Å². The Labute approximate surface area is 135 Å². The summed E-state index contributed by atoms with van der Waals surface area (Å²) >= 11 is 5.83. The van der Waals surface area contributed by atoms with Gasteiger partial charge in [0.05, 0.1) is 5.02 Å². The summed E-state index contributed by atoms with van der Waals surface area (Å²) in [5.41, 5.74) is 0. The highest BCUT2D eigenvalue weighted by atomic mass is 35.5. The molecule has 1 unspecified atom stereocenters. The number of carbonyl (C=O) groups excluding carboxylic acids is 1. The second kappa shape index (κ2) is 10.7. The molecule has 1 atom stereocenters. The highest BCUT2D eigenvalue weighted by molar-refractivity contribution is 6.32. The lowest BCUT2D eigenvalue weighted by molar-refractivity contribution is -0.127. The summed E-state index contributed by atoms with van der Waals surface area (Å²) in [7, 11) is 0. The van der Waals surface area contributed by atoms with Crippen molar-refractivity contribution in [3.05, 3.63) is 29.0 Å². The lowest BCUT2D eigenvalue weighted by Crippen LogP contribution is -2.39. The maximum atomic E-state index is 12.9. The third kappa shape index (κ3) is 7.50. The normalized spacial score (nSPS) is 11.4. The molecule has 4 nitrogen and oxygen atoms in total. The van der Waals surface area contributed by atoms with E-state index in [1.54, 1.807) is 6.92 Å². The molecule has 1 rings (SSSR count). The van der Waals surface area contributed by atoms with Crippen LogP contribution in [0.3, 0.4) is 0 Å². The van der Waals surface area contributed by atoms with Crippen molar-refractivity contribution in [1.29, 1.82) is 0 Å². The maximum absolute atomic E-state index is 12.9. The minimum atomic E-state index is -0.691. The van der Waals surface area contributed by atoms with Crippen LogP contribution in [-0.2, 0) is 4.79 Å². The summed E-state index contributed by atoms with van der Waals surface area (Å²) in [6.45, 7) is 5.86. The zero-order valence-electron chi connectivity index (χ0n) is 12.1. The van der Waals surface area contributed by atoms with Gasteiger partial charge in [-0.25, -0.2) is 4.39 Å². The molecule has 0 saturated carbocycles. The van der Waals surface area contributed by atoms with Crippen LogP contribution < -0.4 is 15.4 Å². The molecule has 0 aliphatic rings. The first-order chi connectivity index (χ1) is 9.54. The molecule has 0 aliphatic carbocycles. The Bertz CT molecular complexity index is 447. The quantitative estimate of drug-likeness (QED) is 0.716. The fraction of sp³-hybridized carbons (Fsp3) is 0.500. The summed E-state index contributed by atoms with van der Waals surface area (Å²) in [4.78, 5) is 11.8. The van der Waals surface area contributed by atoms with E-state index in [0.717, 1.165) is 19.0 Å². The number of carbonyl (C=O) groups is 1. The van der Waals surface area contributed by atoms with Gasteiger partial charge in [0.15, 0.2) is 6.10 Å². The van der Waals surface area contributed by atoms with E-state index in [1.807, 2.05) is 0 Å². The van der Waals surface area contributed by atoms with Gasteiger partial charge in [0.1, 0.15) is 11.6 Å². The number of nitrogens with one attached hydrogen (secondary N) is 2. The lowest BCUT2D eigenvalue weighted by atomic mass is 10.3. The smallest absolute Gasteiger partial charge is 0.260 e. The molecule has 1 aromatic carbocycles. The molecular formula is C14H21Cl2FN2O2. The summed E-state index contributed by atoms with van der Waals surface area (Å²) in [5.74, 6) is -0.384. The largest absolute Gasteiger partial charge is 0.479 e. The summed E-state index contributed by atoms with van der Waals surface area (Å²) in [6, 6.07) is 3.79. The Morgan fingerprint density at radius 3 is 2.71 bits per heavy atom. The number of rotatable bonds is 8. The van der Waals surface area contributed by atoms with Gasteiger partial charge in [-0.15, -0.1) is 12.4 Å². The van der Waals surface area contributed by atoms with Crippen molar-refractivity contribution >= 4 is 29.9 Å². The van der Waals surface area contributed by atoms with Gasteiger partial charge in [-0.3, -0.25) is 4.79 Å². The zero-order valence-corrected chi connectivity index (χ0v) is 13.7. The topological polar surface area (TPSA) is 50.4 Å². The lowest BCUT2D eigenvalue weighted by Gasteiger charge is -2.15. The third-order valence-corrected chi connectivity index (χ3v) is 2.89. The van der Waals surface area contributed by atoms with Crippen LogP contribution in [0.2, 0.25) is 5.02 Å². The summed E-state index contributed by atoms with van der Waals surface area (Å²) in [5, 5.41) is 6.07. The number of hydrogen-bond donors (Lipinski definition) is 2. The molecule has 1 aromatic rings. The molecule has 21 heavy (non-hydrogen) atoms. The van der Waals surface area contributed by atoms with E-state index in [-0.39, 0.29) is 23.3 Å². The first-order valence-corrected chi connectivity index (χ1v) is 7.02. The zero-order chi connectivity index (χ0) is 15.0. The van der Waals surface area contributed by atoms with E-state index in [2.05, 4.69) is 17.6 Å². The third-order valence-electron chi connectivity index (χ3n) is 2.59. The molecule has 1 amide bonds. The predicted molar refractivity (Wildman–Crippen MR) is 84.9 cm³/mol. The van der Waals surface area contributed by atoms with Crippen LogP contribution in [0.4, 0.5) is 4.39 Å². The number of amides is 1. The first kappa shape index (κ1) is 20.0. The van der Waals surface area contributed by atoms with E-state index >= 15 is 0 Å². The van der Waals surface area contributed by atoms with E-state index in [4.69, 9.17) is 16.3 Å². The average molecular weight is 339 g/mol. The van der Waals surface area contributed by atoms with Crippen molar-refractivity contribution in [3.8, 4) is 5.75 Å². The molecular weight excluding hydrogens is 318 g/mol. The van der Waals surface area contributed by atoms with Gasteiger partial charge in [0.25, 0.3) is 5.91 Å². The second-order valence-electron chi connectivity index (χ2n) is 4.38. The van der Waals surface area contributed by atoms with Gasteiger partial charge < -0.3 is 15.4 Å². The monoisotopic (exact) mass is 338 g/mol. The van der Waals surface area contributed by atoms with Crippen molar-refractivity contribution < 1.29 is 13.9 Å². The van der Waals surface area contributed by atoms with E-state index in [9.17, 15) is 9.18 Å². The molecule has 120 valence electrons. The maximum Gasteiger partial charge on any atom is 0.260 e. The number of benzene rings is 1. The molecule has 0 aromatic heterocycles. The van der Waals surface area contributed by atoms with E-state index in [1.165, 1.54) is 12.1 Å². The molecule has 2 N–H and O–H groups in total. The van der Waals surface area contributed by atoms with E-state index in [0.29, 0.717) is 18.8 Å². The fourth-order valence-electron chi connectivity index (χ4n) is 1.53. The number of ether oxygens (including phenoxy) is 1. The first-order valence-electron chi connectivity index (χ1n) is 6.64. The summed E-state index contributed by atoms with van der Waals surface area (Å²) < 4.78 is 18.3. The molecule has 0 fully saturated rings. The van der Waals surface area contributed by atoms with Crippen LogP contribution in [0, 0.1) is 5.82 Å². The van der Waals surface area contributed by atoms with Crippen LogP contribution in [-0.4, -0.2) is 31.6 Å². The Balaban J connectivity index is 0.00000400. The minimum absolute atomic E-state index is 0. The molecule has 0 heterocycles. The van der Waals surface area contributed by atoms with Crippen LogP contribution in [0.1, 0.15) is 20.3 Å².